The molecule has 2 atom stereocenters. The van der Waals surface area contributed by atoms with Crippen molar-refractivity contribution in [3.05, 3.63) is 47.5 Å². The van der Waals surface area contributed by atoms with Gasteiger partial charge in [0.15, 0.2) is 0 Å². The van der Waals surface area contributed by atoms with Gasteiger partial charge in [0, 0.05) is 42.4 Å². The van der Waals surface area contributed by atoms with Gasteiger partial charge in [0.2, 0.25) is 0 Å². The van der Waals surface area contributed by atoms with Gasteiger partial charge in [-0.05, 0) is 13.0 Å². The molecule has 0 bridgehead atoms. The van der Waals surface area contributed by atoms with Crippen molar-refractivity contribution in [3.8, 4) is 5.75 Å². The molecule has 2 heterocycles. The van der Waals surface area contributed by atoms with Crippen LogP contribution in [0.5, 0.6) is 5.75 Å². The smallest absolute Gasteiger partial charge is 0.129 e. The van der Waals surface area contributed by atoms with E-state index in [1.165, 1.54) is 12.1 Å². The van der Waals surface area contributed by atoms with Crippen LogP contribution < -0.4 is 10.5 Å². The molecule has 1 aliphatic heterocycles. The predicted molar refractivity (Wildman–Crippen MR) is 69.2 cm³/mol. The zero-order valence-corrected chi connectivity index (χ0v) is 10.7. The number of halogens is 1. The Morgan fingerprint density at radius 3 is 3.11 bits per heavy atom. The molecule has 100 valence electrons. The lowest BCUT2D eigenvalue weighted by atomic mass is 9.95. The number of fused-ring (bicyclic) bond motifs is 1. The van der Waals surface area contributed by atoms with Crippen LogP contribution in [0.25, 0.3) is 0 Å². The van der Waals surface area contributed by atoms with E-state index in [4.69, 9.17) is 10.5 Å². The van der Waals surface area contributed by atoms with Gasteiger partial charge < -0.3 is 10.5 Å². The lowest BCUT2D eigenvalue weighted by Crippen LogP contribution is -2.24. The van der Waals surface area contributed by atoms with E-state index in [1.54, 1.807) is 12.3 Å². The van der Waals surface area contributed by atoms with Gasteiger partial charge in [0.05, 0.1) is 6.20 Å². The Balaban J connectivity index is 1.91. The molecule has 1 unspecified atom stereocenters. The van der Waals surface area contributed by atoms with Crippen molar-refractivity contribution in [1.82, 2.24) is 9.78 Å². The SMILES string of the molecule is CCn1cc(C2C[C@@H](N)c3ccc(F)cc3O2)cn1. The quantitative estimate of drug-likeness (QED) is 0.904. The minimum Gasteiger partial charge on any atom is -0.485 e. The van der Waals surface area contributed by atoms with Crippen molar-refractivity contribution in [2.24, 2.45) is 5.73 Å². The number of aromatic nitrogens is 2. The Labute approximate surface area is 111 Å². The second-order valence-corrected chi connectivity index (χ2v) is 4.76. The molecule has 4 nitrogen and oxygen atoms in total. The van der Waals surface area contributed by atoms with Crippen LogP contribution in [-0.4, -0.2) is 9.78 Å². The van der Waals surface area contributed by atoms with Gasteiger partial charge in [-0.25, -0.2) is 4.39 Å². The maximum absolute atomic E-state index is 13.3. The van der Waals surface area contributed by atoms with Crippen molar-refractivity contribution in [3.63, 3.8) is 0 Å². The lowest BCUT2D eigenvalue weighted by molar-refractivity contribution is 0.160. The van der Waals surface area contributed by atoms with E-state index < -0.39 is 0 Å². The molecule has 1 aliphatic rings. The first-order valence-electron chi connectivity index (χ1n) is 6.41. The van der Waals surface area contributed by atoms with E-state index in [9.17, 15) is 4.39 Å². The molecular weight excluding hydrogens is 245 g/mol. The highest BCUT2D eigenvalue weighted by molar-refractivity contribution is 5.39. The van der Waals surface area contributed by atoms with Gasteiger partial charge in [0.1, 0.15) is 17.7 Å². The van der Waals surface area contributed by atoms with Crippen molar-refractivity contribution in [2.75, 3.05) is 0 Å². The Morgan fingerprint density at radius 1 is 1.53 bits per heavy atom. The molecule has 0 fully saturated rings. The summed E-state index contributed by atoms with van der Waals surface area (Å²) in [5.41, 5.74) is 7.97. The molecule has 1 aromatic carbocycles. The Kier molecular flexibility index (Phi) is 2.98. The van der Waals surface area contributed by atoms with Crippen LogP contribution in [0.15, 0.2) is 30.6 Å². The van der Waals surface area contributed by atoms with E-state index in [0.717, 1.165) is 17.7 Å². The number of benzene rings is 1. The zero-order valence-electron chi connectivity index (χ0n) is 10.7. The average molecular weight is 261 g/mol. The van der Waals surface area contributed by atoms with E-state index >= 15 is 0 Å². The fraction of sp³-hybridized carbons (Fsp3) is 0.357. The topological polar surface area (TPSA) is 53.1 Å². The maximum atomic E-state index is 13.3. The molecular formula is C14H16FN3O. The Bertz CT molecular complexity index is 596. The standard InChI is InChI=1S/C14H16FN3O/c1-2-18-8-9(7-17-18)13-6-12(16)11-4-3-10(15)5-14(11)19-13/h3-5,7-8,12-13H,2,6,16H2,1H3/t12-,13?/m1/s1. The molecule has 2 aromatic rings. The molecule has 0 aliphatic carbocycles. The highest BCUT2D eigenvalue weighted by Gasteiger charge is 2.28. The molecule has 2 N–H and O–H groups in total. The van der Waals surface area contributed by atoms with Crippen molar-refractivity contribution in [1.29, 1.82) is 0 Å². The molecule has 0 saturated heterocycles. The number of nitrogens with zero attached hydrogens (tertiary/aromatic N) is 2. The van der Waals surface area contributed by atoms with Crippen LogP contribution in [-0.2, 0) is 6.54 Å². The predicted octanol–water partition coefficient (Wildman–Crippen LogP) is 2.57. The maximum Gasteiger partial charge on any atom is 0.129 e. The van der Waals surface area contributed by atoms with Crippen LogP contribution in [0.4, 0.5) is 4.39 Å². The van der Waals surface area contributed by atoms with Crippen molar-refractivity contribution in [2.45, 2.75) is 32.0 Å². The third-order valence-corrected chi connectivity index (χ3v) is 3.46. The summed E-state index contributed by atoms with van der Waals surface area (Å²) in [7, 11) is 0. The highest BCUT2D eigenvalue weighted by atomic mass is 19.1. The summed E-state index contributed by atoms with van der Waals surface area (Å²) in [6.45, 7) is 2.83. The Hall–Kier alpha value is -1.88. The number of nitrogens with two attached hydrogens (primary N) is 1. The molecule has 5 heteroatoms. The molecule has 0 radical (unpaired) electrons. The minimum absolute atomic E-state index is 0.140. The first-order chi connectivity index (χ1) is 9.17. The minimum atomic E-state index is -0.309. The fourth-order valence-electron chi connectivity index (χ4n) is 2.40. The van der Waals surface area contributed by atoms with E-state index in [-0.39, 0.29) is 18.0 Å². The van der Waals surface area contributed by atoms with Crippen LogP contribution in [0.2, 0.25) is 0 Å². The van der Waals surface area contributed by atoms with Crippen LogP contribution in [0.3, 0.4) is 0 Å². The van der Waals surface area contributed by atoms with E-state index in [0.29, 0.717) is 12.2 Å². The fourth-order valence-corrected chi connectivity index (χ4v) is 2.40. The summed E-state index contributed by atoms with van der Waals surface area (Å²) in [6, 6.07) is 4.36. The number of rotatable bonds is 2. The Morgan fingerprint density at radius 2 is 2.37 bits per heavy atom. The molecule has 19 heavy (non-hydrogen) atoms. The summed E-state index contributed by atoms with van der Waals surface area (Å²) in [5.74, 6) is 0.226. The van der Waals surface area contributed by atoms with Gasteiger partial charge in [0.25, 0.3) is 0 Å². The average Bonchev–Trinajstić information content (AvgIpc) is 2.86. The van der Waals surface area contributed by atoms with Gasteiger partial charge in [-0.3, -0.25) is 4.68 Å². The first kappa shape index (κ1) is 12.2. The van der Waals surface area contributed by atoms with Gasteiger partial charge in [-0.15, -0.1) is 0 Å². The molecule has 0 spiro atoms. The normalized spacial score (nSPS) is 21.8. The second kappa shape index (κ2) is 4.66. The zero-order chi connectivity index (χ0) is 13.4. The lowest BCUT2D eigenvalue weighted by Gasteiger charge is -2.29. The molecule has 3 rings (SSSR count). The summed E-state index contributed by atoms with van der Waals surface area (Å²) in [5, 5.41) is 4.23. The first-order valence-corrected chi connectivity index (χ1v) is 6.41. The number of hydrogen-bond acceptors (Lipinski definition) is 3. The summed E-state index contributed by atoms with van der Waals surface area (Å²) < 4.78 is 21.0. The van der Waals surface area contributed by atoms with Crippen LogP contribution in [0, 0.1) is 5.82 Å². The van der Waals surface area contributed by atoms with Crippen molar-refractivity contribution >= 4 is 0 Å². The largest absolute Gasteiger partial charge is 0.485 e. The van der Waals surface area contributed by atoms with Crippen LogP contribution in [0.1, 0.15) is 36.6 Å². The third-order valence-electron chi connectivity index (χ3n) is 3.46. The summed E-state index contributed by atoms with van der Waals surface area (Å²) in [6.07, 6.45) is 4.24. The van der Waals surface area contributed by atoms with Crippen molar-refractivity contribution < 1.29 is 9.13 Å². The van der Waals surface area contributed by atoms with Crippen LogP contribution >= 0.6 is 0 Å². The third kappa shape index (κ3) is 2.21. The highest BCUT2D eigenvalue weighted by Crippen LogP contribution is 2.39. The van der Waals surface area contributed by atoms with E-state index in [2.05, 4.69) is 5.10 Å². The van der Waals surface area contributed by atoms with Gasteiger partial charge in [-0.2, -0.15) is 5.10 Å². The molecule has 0 amide bonds. The number of hydrogen-bond donors (Lipinski definition) is 1. The molecule has 0 saturated carbocycles. The molecule has 1 aromatic heterocycles. The number of ether oxygens (including phenoxy) is 1. The monoisotopic (exact) mass is 261 g/mol. The van der Waals surface area contributed by atoms with Gasteiger partial charge >= 0.3 is 0 Å². The summed E-state index contributed by atoms with van der Waals surface area (Å²) in [4.78, 5) is 0. The number of aryl methyl sites for hydroxylation is 1. The van der Waals surface area contributed by atoms with Gasteiger partial charge in [-0.1, -0.05) is 6.07 Å². The second-order valence-electron chi connectivity index (χ2n) is 4.76. The summed E-state index contributed by atoms with van der Waals surface area (Å²) >= 11 is 0. The van der Waals surface area contributed by atoms with E-state index in [1.807, 2.05) is 17.8 Å².